The molecule has 0 unspecified atom stereocenters. The Bertz CT molecular complexity index is 1660. The lowest BCUT2D eigenvalue weighted by Gasteiger charge is -2.17. The minimum atomic E-state index is -4.71. The number of ether oxygens (including phenoxy) is 1. The van der Waals surface area contributed by atoms with Crippen molar-refractivity contribution in [3.63, 3.8) is 0 Å². The van der Waals surface area contributed by atoms with Gasteiger partial charge in [-0.15, -0.1) is 0 Å². The molecule has 0 spiro atoms. The number of rotatable bonds is 11. The highest BCUT2D eigenvalue weighted by atomic mass is 32.2. The van der Waals surface area contributed by atoms with Gasteiger partial charge in [0.25, 0.3) is 30.4 Å². The summed E-state index contributed by atoms with van der Waals surface area (Å²) in [7, 11) is -13.2. The summed E-state index contributed by atoms with van der Waals surface area (Å²) < 4.78 is 102. The van der Waals surface area contributed by atoms with Gasteiger partial charge in [-0.3, -0.25) is 13.7 Å². The topological polar surface area (TPSA) is 222 Å². The van der Waals surface area contributed by atoms with E-state index >= 15 is 0 Å². The van der Waals surface area contributed by atoms with Crippen molar-refractivity contribution in [3.05, 3.63) is 60.2 Å². The minimum absolute atomic E-state index is 0.00875. The molecule has 0 heterocycles. The predicted octanol–water partition coefficient (Wildman–Crippen LogP) is 3.21. The quantitative estimate of drug-likeness (QED) is 0.108. The third-order valence-corrected chi connectivity index (χ3v) is 7.70. The lowest BCUT2D eigenvalue weighted by Crippen LogP contribution is -2.09. The number of anilines is 5. The first-order chi connectivity index (χ1) is 17.5. The number of aryl methyl sites for hydroxylation is 1. The van der Waals surface area contributed by atoms with Crippen molar-refractivity contribution in [1.82, 2.24) is 0 Å². The average molecular weight is 588 g/mol. The van der Waals surface area contributed by atoms with E-state index in [9.17, 15) is 29.8 Å². The molecular weight excluding hydrogens is 562 g/mol. The van der Waals surface area contributed by atoms with Crippen molar-refractivity contribution in [1.29, 1.82) is 0 Å². The van der Waals surface area contributed by atoms with E-state index < -0.39 is 41.0 Å². The maximum Gasteiger partial charge on any atom is 0.296 e. The van der Waals surface area contributed by atoms with Gasteiger partial charge >= 0.3 is 0 Å². The Hall–Kier alpha value is -3.41. The average Bonchev–Trinajstić information content (AvgIpc) is 2.78. The van der Waals surface area contributed by atoms with Crippen LogP contribution in [-0.2, 0) is 30.4 Å². The number of hydrogen-bond donors (Lipinski definition) is 6. The number of hydrogen-bond acceptors (Lipinski definition) is 10. The second-order valence-electron chi connectivity index (χ2n) is 8.13. The van der Waals surface area contributed by atoms with Crippen LogP contribution in [0.4, 0.5) is 28.4 Å². The van der Waals surface area contributed by atoms with Crippen LogP contribution in [0.5, 0.6) is 5.75 Å². The van der Waals surface area contributed by atoms with Gasteiger partial charge in [-0.2, -0.15) is 25.3 Å². The van der Waals surface area contributed by atoms with E-state index in [0.29, 0.717) is 16.9 Å². The Morgan fingerprint density at radius 3 is 2.00 bits per heavy atom. The largest absolute Gasteiger partial charge is 0.491 e. The van der Waals surface area contributed by atoms with E-state index in [2.05, 4.69) is 10.6 Å². The molecule has 7 N–H and O–H groups in total. The van der Waals surface area contributed by atoms with Gasteiger partial charge in [-0.05, 0) is 67.4 Å². The summed E-state index contributed by atoms with van der Waals surface area (Å²) in [6.07, 6.45) is 0.00875. The van der Waals surface area contributed by atoms with Crippen LogP contribution in [0, 0.1) is 6.92 Å². The van der Waals surface area contributed by atoms with Crippen LogP contribution in [0.2, 0.25) is 0 Å². The molecule has 0 aliphatic heterocycles. The summed E-state index contributed by atoms with van der Waals surface area (Å²) in [6, 6.07) is 12.1. The molecule has 3 aromatic rings. The van der Waals surface area contributed by atoms with Gasteiger partial charge in [-0.1, -0.05) is 0 Å². The molecule has 0 saturated carbocycles. The molecule has 0 atom stereocenters. The molecule has 0 radical (unpaired) electrons. The van der Waals surface area contributed by atoms with Gasteiger partial charge in [0.1, 0.15) is 10.6 Å². The number of nitrogen functional groups attached to an aromatic ring is 1. The zero-order valence-electron chi connectivity index (χ0n) is 19.8. The zero-order chi connectivity index (χ0) is 28.3. The van der Waals surface area contributed by atoms with Crippen LogP contribution in [0.15, 0.2) is 64.4 Å². The first kappa shape index (κ1) is 29.2. The third kappa shape index (κ3) is 8.04. The lowest BCUT2D eigenvalue weighted by atomic mass is 10.1. The highest BCUT2D eigenvalue weighted by molar-refractivity contribution is 7.86. The standard InChI is InChI=1S/C22H25N3O10S3/c1-14-11-18(23)21(35-9-2-10-36(26,27)28)13-20(14)25-19-8-5-16(12-22(19)38(32,33)34)24-15-3-6-17(7-4-15)37(29,30)31/h3-8,11-13,24-25H,2,9-10,23H2,1H3,(H,26,27,28)(H,29,30,31)(H,32,33,34). The molecule has 0 aliphatic rings. The van der Waals surface area contributed by atoms with E-state index in [0.717, 1.165) is 18.2 Å². The van der Waals surface area contributed by atoms with Crippen LogP contribution in [0.3, 0.4) is 0 Å². The van der Waals surface area contributed by atoms with Gasteiger partial charge in [0.05, 0.1) is 28.6 Å². The Morgan fingerprint density at radius 2 is 1.42 bits per heavy atom. The van der Waals surface area contributed by atoms with E-state index in [1.807, 2.05) is 0 Å². The van der Waals surface area contributed by atoms with Crippen LogP contribution >= 0.6 is 0 Å². The first-order valence-corrected chi connectivity index (χ1v) is 15.2. The molecule has 0 aromatic heterocycles. The minimum Gasteiger partial charge on any atom is -0.491 e. The zero-order valence-corrected chi connectivity index (χ0v) is 22.3. The SMILES string of the molecule is Cc1cc(N)c(OCCCS(=O)(=O)O)cc1Nc1ccc(Nc2ccc(S(=O)(=O)O)cc2)cc1S(=O)(=O)O. The van der Waals surface area contributed by atoms with Gasteiger partial charge < -0.3 is 21.1 Å². The van der Waals surface area contributed by atoms with Gasteiger partial charge in [0, 0.05) is 23.1 Å². The molecule has 38 heavy (non-hydrogen) atoms. The maximum atomic E-state index is 12.1. The van der Waals surface area contributed by atoms with Crippen LogP contribution in [0.1, 0.15) is 12.0 Å². The lowest BCUT2D eigenvalue weighted by molar-refractivity contribution is 0.318. The third-order valence-electron chi connectivity index (χ3n) is 5.13. The maximum absolute atomic E-state index is 12.1. The van der Waals surface area contributed by atoms with Crippen molar-refractivity contribution in [2.24, 2.45) is 0 Å². The predicted molar refractivity (Wildman–Crippen MR) is 141 cm³/mol. The van der Waals surface area contributed by atoms with E-state index in [1.54, 1.807) is 13.0 Å². The highest BCUT2D eigenvalue weighted by Crippen LogP contribution is 2.34. The van der Waals surface area contributed by atoms with Crippen molar-refractivity contribution in [2.75, 3.05) is 28.7 Å². The first-order valence-electron chi connectivity index (χ1n) is 10.7. The smallest absolute Gasteiger partial charge is 0.296 e. The Kier molecular flexibility index (Phi) is 8.55. The fraction of sp³-hybridized carbons (Fsp3) is 0.182. The summed E-state index contributed by atoms with van der Waals surface area (Å²) in [5, 5.41) is 5.79. The monoisotopic (exact) mass is 587 g/mol. The summed E-state index contributed by atoms with van der Waals surface area (Å²) in [5.41, 5.74) is 7.85. The second kappa shape index (κ2) is 11.1. The molecule has 0 bridgehead atoms. The molecule has 0 fully saturated rings. The van der Waals surface area contributed by atoms with Crippen molar-refractivity contribution in [2.45, 2.75) is 23.1 Å². The van der Waals surface area contributed by atoms with Gasteiger partial charge in [0.15, 0.2) is 0 Å². The molecule has 3 rings (SSSR count). The Labute approximate surface area is 219 Å². The van der Waals surface area contributed by atoms with E-state index in [1.165, 1.54) is 30.3 Å². The number of benzene rings is 3. The fourth-order valence-electron chi connectivity index (χ4n) is 3.33. The molecule has 206 valence electrons. The number of nitrogens with one attached hydrogen (secondary N) is 2. The Morgan fingerprint density at radius 1 is 0.789 bits per heavy atom. The van der Waals surface area contributed by atoms with Crippen LogP contribution in [-0.4, -0.2) is 51.3 Å². The summed E-state index contributed by atoms with van der Waals surface area (Å²) in [6.45, 7) is 1.63. The Balaban J connectivity index is 1.86. The van der Waals surface area contributed by atoms with Crippen molar-refractivity contribution in [3.8, 4) is 5.75 Å². The summed E-state index contributed by atoms with van der Waals surface area (Å²) in [4.78, 5) is -0.786. The van der Waals surface area contributed by atoms with Crippen LogP contribution in [0.25, 0.3) is 0 Å². The van der Waals surface area contributed by atoms with E-state index in [-0.39, 0.29) is 40.7 Å². The highest BCUT2D eigenvalue weighted by Gasteiger charge is 2.18. The molecule has 3 aromatic carbocycles. The van der Waals surface area contributed by atoms with Crippen molar-refractivity contribution >= 4 is 58.8 Å². The molecule has 13 nitrogen and oxygen atoms in total. The summed E-state index contributed by atoms with van der Waals surface area (Å²) >= 11 is 0. The van der Waals surface area contributed by atoms with E-state index in [4.69, 9.17) is 19.6 Å². The molecular formula is C22H25N3O10S3. The summed E-state index contributed by atoms with van der Waals surface area (Å²) in [5.74, 6) is -0.305. The molecule has 0 amide bonds. The van der Waals surface area contributed by atoms with Crippen LogP contribution < -0.4 is 21.1 Å². The number of nitrogens with two attached hydrogens (primary N) is 1. The van der Waals surface area contributed by atoms with Crippen molar-refractivity contribution < 1.29 is 43.6 Å². The molecule has 16 heteroatoms. The fourth-order valence-corrected chi connectivity index (χ4v) is 4.97. The van der Waals surface area contributed by atoms with Gasteiger partial charge in [0.2, 0.25) is 0 Å². The second-order valence-corrected chi connectivity index (χ2v) is 12.5. The van der Waals surface area contributed by atoms with Gasteiger partial charge in [-0.25, -0.2) is 0 Å². The molecule has 0 saturated heterocycles. The normalized spacial score (nSPS) is 12.2. The molecule has 0 aliphatic carbocycles.